The van der Waals surface area contributed by atoms with Crippen LogP contribution in [0.5, 0.6) is 11.5 Å². The Morgan fingerprint density at radius 3 is 2.39 bits per heavy atom. The summed E-state index contributed by atoms with van der Waals surface area (Å²) in [5.74, 6) is 0.308. The van der Waals surface area contributed by atoms with Gasteiger partial charge in [0.25, 0.3) is 11.5 Å². The third-order valence-corrected chi connectivity index (χ3v) is 7.45. The fraction of sp³-hybridized carbons (Fsp3) is 0.121. The standard InChI is InChI=1S/C33H23F3N4O4/c34-33(35,36)21-11-9-19(10-12-21)30(31(41)37-22-13-14-27-28(18-22)44-16-15-43-27)40-26-8-4-3-7-24(26)39-29(32(40)42)25-17-20-5-1-2-6-23(20)38-25/h1-14,17-18,30,38H,15-16H2,(H,37,41). The molecule has 0 saturated heterocycles. The van der Waals surface area contributed by atoms with Gasteiger partial charge in [-0.05, 0) is 54.1 Å². The molecular weight excluding hydrogens is 573 g/mol. The number of nitrogens with one attached hydrogen (secondary N) is 2. The zero-order valence-corrected chi connectivity index (χ0v) is 22.9. The highest BCUT2D eigenvalue weighted by Crippen LogP contribution is 2.35. The van der Waals surface area contributed by atoms with E-state index >= 15 is 0 Å². The van der Waals surface area contributed by atoms with Gasteiger partial charge >= 0.3 is 6.18 Å². The number of ether oxygens (including phenoxy) is 2. The summed E-state index contributed by atoms with van der Waals surface area (Å²) in [5.41, 5.74) is 1.10. The number of H-pyrrole nitrogens is 1. The van der Waals surface area contributed by atoms with Crippen LogP contribution in [0.25, 0.3) is 33.3 Å². The third-order valence-electron chi connectivity index (χ3n) is 7.45. The maximum atomic E-state index is 14.3. The largest absolute Gasteiger partial charge is 0.486 e. The van der Waals surface area contributed by atoms with Gasteiger partial charge in [0, 0.05) is 22.7 Å². The first kappa shape index (κ1) is 27.3. The number of aromatic nitrogens is 3. The van der Waals surface area contributed by atoms with Crippen molar-refractivity contribution in [1.82, 2.24) is 14.5 Å². The fourth-order valence-electron chi connectivity index (χ4n) is 5.39. The number of fused-ring (bicyclic) bond motifs is 3. The Hall–Kier alpha value is -5.58. The van der Waals surface area contributed by atoms with E-state index in [1.807, 2.05) is 24.3 Å². The van der Waals surface area contributed by atoms with Gasteiger partial charge in [0.1, 0.15) is 19.3 Å². The van der Waals surface area contributed by atoms with Crippen LogP contribution in [0, 0.1) is 0 Å². The third kappa shape index (κ3) is 4.91. The Labute approximate surface area is 247 Å². The van der Waals surface area contributed by atoms with Crippen molar-refractivity contribution >= 4 is 33.5 Å². The minimum absolute atomic E-state index is 0.0592. The molecule has 11 heteroatoms. The first-order valence-electron chi connectivity index (χ1n) is 13.7. The highest BCUT2D eigenvalue weighted by Gasteiger charge is 2.32. The number of hydrogen-bond acceptors (Lipinski definition) is 5. The molecule has 3 heterocycles. The molecule has 220 valence electrons. The molecule has 0 fully saturated rings. The van der Waals surface area contributed by atoms with Gasteiger partial charge in [-0.2, -0.15) is 13.2 Å². The van der Waals surface area contributed by atoms with E-state index in [4.69, 9.17) is 9.47 Å². The number of hydrogen-bond donors (Lipinski definition) is 2. The molecule has 7 rings (SSSR count). The smallest absolute Gasteiger partial charge is 0.416 e. The second kappa shape index (κ2) is 10.6. The topological polar surface area (TPSA) is 98.2 Å². The average molecular weight is 597 g/mol. The first-order chi connectivity index (χ1) is 21.3. The summed E-state index contributed by atoms with van der Waals surface area (Å²) in [6.07, 6.45) is -4.58. The lowest BCUT2D eigenvalue weighted by Crippen LogP contribution is -2.35. The highest BCUT2D eigenvalue weighted by molar-refractivity contribution is 5.97. The lowest BCUT2D eigenvalue weighted by atomic mass is 10.0. The van der Waals surface area contributed by atoms with Crippen molar-refractivity contribution in [3.8, 4) is 22.9 Å². The van der Waals surface area contributed by atoms with Crippen LogP contribution in [0.15, 0.2) is 102 Å². The van der Waals surface area contributed by atoms with Gasteiger partial charge in [0.15, 0.2) is 17.2 Å². The van der Waals surface area contributed by atoms with Crippen LogP contribution >= 0.6 is 0 Å². The van der Waals surface area contributed by atoms with Gasteiger partial charge in [-0.3, -0.25) is 14.2 Å². The van der Waals surface area contributed by atoms with Gasteiger partial charge in [-0.1, -0.05) is 42.5 Å². The van der Waals surface area contributed by atoms with E-state index in [0.717, 1.165) is 23.0 Å². The summed E-state index contributed by atoms with van der Waals surface area (Å²) in [6.45, 7) is 0.735. The van der Waals surface area contributed by atoms with E-state index in [9.17, 15) is 22.8 Å². The Morgan fingerprint density at radius 2 is 1.61 bits per heavy atom. The van der Waals surface area contributed by atoms with Crippen LogP contribution in [0.1, 0.15) is 17.2 Å². The van der Waals surface area contributed by atoms with Crippen molar-refractivity contribution in [2.75, 3.05) is 18.5 Å². The van der Waals surface area contributed by atoms with Crippen LogP contribution in [0.3, 0.4) is 0 Å². The molecular formula is C33H23F3N4O4. The van der Waals surface area contributed by atoms with E-state index in [2.05, 4.69) is 15.3 Å². The number of nitrogens with zero attached hydrogens (tertiary/aromatic N) is 2. The van der Waals surface area contributed by atoms with E-state index in [0.29, 0.717) is 47.1 Å². The summed E-state index contributed by atoms with van der Waals surface area (Å²) >= 11 is 0. The number of benzene rings is 4. The maximum absolute atomic E-state index is 14.3. The van der Waals surface area contributed by atoms with Crippen LogP contribution in [-0.4, -0.2) is 33.7 Å². The number of rotatable bonds is 5. The number of carbonyl (C=O) groups excluding carboxylic acids is 1. The molecule has 1 unspecified atom stereocenters. The number of carbonyl (C=O) groups is 1. The summed E-state index contributed by atoms with van der Waals surface area (Å²) in [5, 5.41) is 3.68. The second-order valence-corrected chi connectivity index (χ2v) is 10.3. The molecule has 2 aromatic heterocycles. The lowest BCUT2D eigenvalue weighted by molar-refractivity contribution is -0.137. The molecule has 1 amide bonds. The van der Waals surface area contributed by atoms with Gasteiger partial charge in [0.05, 0.1) is 22.3 Å². The van der Waals surface area contributed by atoms with Crippen molar-refractivity contribution in [2.24, 2.45) is 0 Å². The maximum Gasteiger partial charge on any atom is 0.416 e. The van der Waals surface area contributed by atoms with Crippen LogP contribution < -0.4 is 20.3 Å². The lowest BCUT2D eigenvalue weighted by Gasteiger charge is -2.24. The van der Waals surface area contributed by atoms with E-state index in [1.165, 1.54) is 16.7 Å². The quantitative estimate of drug-likeness (QED) is 0.235. The number of para-hydroxylation sites is 3. The zero-order chi connectivity index (χ0) is 30.4. The van der Waals surface area contributed by atoms with Crippen molar-refractivity contribution in [2.45, 2.75) is 12.2 Å². The number of aromatic amines is 1. The minimum Gasteiger partial charge on any atom is -0.486 e. The van der Waals surface area contributed by atoms with Gasteiger partial charge in [0.2, 0.25) is 0 Å². The highest BCUT2D eigenvalue weighted by atomic mass is 19.4. The molecule has 6 aromatic rings. The monoisotopic (exact) mass is 596 g/mol. The Kier molecular flexibility index (Phi) is 6.57. The van der Waals surface area contributed by atoms with Crippen molar-refractivity contribution in [1.29, 1.82) is 0 Å². The van der Waals surface area contributed by atoms with Crippen LogP contribution in [-0.2, 0) is 11.0 Å². The van der Waals surface area contributed by atoms with Gasteiger partial charge in [-0.15, -0.1) is 0 Å². The van der Waals surface area contributed by atoms with Crippen LogP contribution in [0.2, 0.25) is 0 Å². The van der Waals surface area contributed by atoms with E-state index in [1.54, 1.807) is 48.5 Å². The summed E-state index contributed by atoms with van der Waals surface area (Å²) in [7, 11) is 0. The Balaban J connectivity index is 1.41. The number of amides is 1. The molecule has 44 heavy (non-hydrogen) atoms. The van der Waals surface area contributed by atoms with Crippen molar-refractivity contribution in [3.05, 3.63) is 119 Å². The predicted octanol–water partition coefficient (Wildman–Crippen LogP) is 6.56. The van der Waals surface area contributed by atoms with Gasteiger partial charge in [-0.25, -0.2) is 4.98 Å². The molecule has 1 aliphatic heterocycles. The van der Waals surface area contributed by atoms with E-state index in [-0.39, 0.29) is 11.3 Å². The summed E-state index contributed by atoms with van der Waals surface area (Å²) in [6, 6.07) is 23.8. The zero-order valence-electron chi connectivity index (χ0n) is 22.9. The van der Waals surface area contributed by atoms with Crippen molar-refractivity contribution in [3.63, 3.8) is 0 Å². The molecule has 0 radical (unpaired) electrons. The molecule has 0 bridgehead atoms. The summed E-state index contributed by atoms with van der Waals surface area (Å²) in [4.78, 5) is 36.3. The van der Waals surface area contributed by atoms with Crippen molar-refractivity contribution < 1.29 is 27.4 Å². The minimum atomic E-state index is -4.58. The van der Waals surface area contributed by atoms with E-state index < -0.39 is 29.2 Å². The molecule has 2 N–H and O–H groups in total. The molecule has 0 aliphatic carbocycles. The molecule has 8 nitrogen and oxygen atoms in total. The first-order valence-corrected chi connectivity index (χ1v) is 13.7. The number of alkyl halides is 3. The average Bonchev–Trinajstić information content (AvgIpc) is 3.46. The molecule has 0 saturated carbocycles. The van der Waals surface area contributed by atoms with Crippen LogP contribution in [0.4, 0.5) is 18.9 Å². The molecule has 4 aromatic carbocycles. The normalized spacial score (nSPS) is 13.6. The van der Waals surface area contributed by atoms with Gasteiger partial charge < -0.3 is 19.8 Å². The summed E-state index contributed by atoms with van der Waals surface area (Å²) < 4.78 is 52.9. The molecule has 1 atom stereocenters. The molecule has 0 spiro atoms. The fourth-order valence-corrected chi connectivity index (χ4v) is 5.39. The SMILES string of the molecule is O=C(Nc1ccc2c(c1)OCCO2)C(c1ccc(C(F)(F)F)cc1)n1c(=O)c(-c2cc3ccccc3[nH]2)nc2ccccc21. The Morgan fingerprint density at radius 1 is 0.886 bits per heavy atom. The number of halogens is 3. The Bertz CT molecular complexity index is 2070. The predicted molar refractivity (Wildman–Crippen MR) is 159 cm³/mol. The number of anilines is 1. The second-order valence-electron chi connectivity index (χ2n) is 10.3. The molecule has 1 aliphatic rings.